The van der Waals surface area contributed by atoms with Gasteiger partial charge < -0.3 is 4.55 Å². The minimum atomic E-state index is -0.202. The number of allylic oxidation sites excluding steroid dienone is 5. The van der Waals surface area contributed by atoms with Crippen molar-refractivity contribution >= 4 is 12.0 Å². The lowest BCUT2D eigenvalue weighted by molar-refractivity contribution is 0.610. The Balaban J connectivity index is 4.97. The minimum Gasteiger partial charge on any atom is -0.329 e. The lowest BCUT2D eigenvalue weighted by atomic mass is 9.96. The van der Waals surface area contributed by atoms with Gasteiger partial charge in [0.25, 0.3) is 0 Å². The molecule has 0 bridgehead atoms. The van der Waals surface area contributed by atoms with E-state index >= 15 is 0 Å². The highest BCUT2D eigenvalue weighted by Crippen LogP contribution is 2.34. The molecular formula is C12H20OS. The Bertz CT molecular complexity index is 235. The first-order valence-electron chi connectivity index (χ1n) is 4.93. The van der Waals surface area contributed by atoms with Gasteiger partial charge in [0.15, 0.2) is 0 Å². The van der Waals surface area contributed by atoms with Crippen molar-refractivity contribution in [3.05, 3.63) is 36.0 Å². The summed E-state index contributed by atoms with van der Waals surface area (Å²) in [7, 11) is 0. The van der Waals surface area contributed by atoms with Gasteiger partial charge in [-0.1, -0.05) is 37.3 Å². The van der Waals surface area contributed by atoms with Crippen molar-refractivity contribution in [3.63, 3.8) is 0 Å². The Morgan fingerprint density at radius 1 is 1.36 bits per heavy atom. The van der Waals surface area contributed by atoms with Crippen LogP contribution in [0.5, 0.6) is 0 Å². The molecular weight excluding hydrogens is 192 g/mol. The largest absolute Gasteiger partial charge is 0.329 e. The molecule has 0 aromatic heterocycles. The maximum atomic E-state index is 9.30. The van der Waals surface area contributed by atoms with Gasteiger partial charge in [0.2, 0.25) is 0 Å². The highest BCUT2D eigenvalue weighted by atomic mass is 32.2. The molecule has 1 N–H and O–H groups in total. The Morgan fingerprint density at radius 3 is 2.36 bits per heavy atom. The SMILES string of the molecule is C\C=C/C=C(\C=C/C)C(C)(CC)SO. The van der Waals surface area contributed by atoms with Crippen molar-refractivity contribution < 1.29 is 4.55 Å². The van der Waals surface area contributed by atoms with Crippen LogP contribution in [0.4, 0.5) is 0 Å². The monoisotopic (exact) mass is 212 g/mol. The molecule has 1 nitrogen and oxygen atoms in total. The van der Waals surface area contributed by atoms with Gasteiger partial charge >= 0.3 is 0 Å². The fourth-order valence-corrected chi connectivity index (χ4v) is 1.48. The first-order valence-corrected chi connectivity index (χ1v) is 5.70. The lowest BCUT2D eigenvalue weighted by Gasteiger charge is -2.25. The van der Waals surface area contributed by atoms with Gasteiger partial charge in [0, 0.05) is 0 Å². The van der Waals surface area contributed by atoms with Crippen LogP contribution in [0.25, 0.3) is 0 Å². The summed E-state index contributed by atoms with van der Waals surface area (Å²) in [5, 5.41) is 0. The lowest BCUT2D eigenvalue weighted by Crippen LogP contribution is -2.20. The van der Waals surface area contributed by atoms with Crippen molar-refractivity contribution in [1.29, 1.82) is 0 Å². The van der Waals surface area contributed by atoms with Crippen LogP contribution in [0.1, 0.15) is 34.1 Å². The van der Waals surface area contributed by atoms with Gasteiger partial charge in [-0.2, -0.15) is 0 Å². The standard InChI is InChI=1S/C12H20OS/c1-5-8-10-11(9-6-2)12(4,7-3)14-13/h5-6,8-10,13H,7H2,1-4H3/b8-5-,9-6-,11-10+. The van der Waals surface area contributed by atoms with Gasteiger partial charge in [0.1, 0.15) is 0 Å². The molecule has 0 aromatic rings. The van der Waals surface area contributed by atoms with Gasteiger partial charge in [-0.05, 0) is 44.8 Å². The van der Waals surface area contributed by atoms with Crippen LogP contribution in [0.3, 0.4) is 0 Å². The zero-order valence-corrected chi connectivity index (χ0v) is 10.3. The predicted octanol–water partition coefficient (Wildman–Crippen LogP) is 4.44. The average Bonchev–Trinajstić information content (AvgIpc) is 2.23. The third-order valence-electron chi connectivity index (χ3n) is 2.30. The van der Waals surface area contributed by atoms with Crippen LogP contribution in [0.15, 0.2) is 36.0 Å². The summed E-state index contributed by atoms with van der Waals surface area (Å²) >= 11 is 0.917. The smallest absolute Gasteiger partial charge is 0.0637 e. The summed E-state index contributed by atoms with van der Waals surface area (Å²) in [5.41, 5.74) is 1.15. The highest BCUT2D eigenvalue weighted by Gasteiger charge is 2.25. The van der Waals surface area contributed by atoms with Crippen LogP contribution < -0.4 is 0 Å². The molecule has 80 valence electrons. The van der Waals surface area contributed by atoms with Gasteiger partial charge in [-0.15, -0.1) is 0 Å². The molecule has 1 unspecified atom stereocenters. The molecule has 0 heterocycles. The molecule has 0 saturated heterocycles. The van der Waals surface area contributed by atoms with Crippen molar-refractivity contribution in [2.75, 3.05) is 0 Å². The molecule has 1 atom stereocenters. The zero-order chi connectivity index (χ0) is 11.0. The summed E-state index contributed by atoms with van der Waals surface area (Å²) in [6, 6.07) is 0. The molecule has 0 saturated carbocycles. The van der Waals surface area contributed by atoms with Gasteiger partial charge in [-0.3, -0.25) is 0 Å². The maximum Gasteiger partial charge on any atom is 0.0637 e. The van der Waals surface area contributed by atoms with Crippen molar-refractivity contribution in [2.45, 2.75) is 38.9 Å². The minimum absolute atomic E-state index is 0.202. The van der Waals surface area contributed by atoms with E-state index < -0.39 is 0 Å². The third-order valence-corrected chi connectivity index (χ3v) is 3.23. The Morgan fingerprint density at radius 2 is 2.00 bits per heavy atom. The topological polar surface area (TPSA) is 20.2 Å². The Hall–Kier alpha value is -0.470. The first-order chi connectivity index (χ1) is 6.64. The average molecular weight is 212 g/mol. The van der Waals surface area contributed by atoms with E-state index in [1.54, 1.807) is 0 Å². The number of hydrogen-bond acceptors (Lipinski definition) is 2. The second-order valence-electron chi connectivity index (χ2n) is 3.32. The molecule has 0 fully saturated rings. The molecule has 0 aliphatic heterocycles. The Kier molecular flexibility index (Phi) is 6.67. The van der Waals surface area contributed by atoms with Crippen molar-refractivity contribution in [1.82, 2.24) is 0 Å². The number of hydrogen-bond donors (Lipinski definition) is 1. The van der Waals surface area contributed by atoms with E-state index in [2.05, 4.69) is 6.92 Å². The molecule has 0 spiro atoms. The molecule has 0 aliphatic rings. The first kappa shape index (κ1) is 13.5. The highest BCUT2D eigenvalue weighted by molar-refractivity contribution is 7.95. The molecule has 2 heteroatoms. The molecule has 0 rings (SSSR count). The van der Waals surface area contributed by atoms with Crippen molar-refractivity contribution in [3.8, 4) is 0 Å². The zero-order valence-electron chi connectivity index (χ0n) is 9.45. The van der Waals surface area contributed by atoms with E-state index in [0.29, 0.717) is 0 Å². The van der Waals surface area contributed by atoms with Crippen molar-refractivity contribution in [2.24, 2.45) is 0 Å². The Labute approximate surface area is 91.8 Å². The van der Waals surface area contributed by atoms with Gasteiger partial charge in [0.05, 0.1) is 4.75 Å². The summed E-state index contributed by atoms with van der Waals surface area (Å²) in [4.78, 5) is 0. The fourth-order valence-electron chi connectivity index (χ4n) is 1.11. The summed E-state index contributed by atoms with van der Waals surface area (Å²) in [6.45, 7) is 8.10. The van der Waals surface area contributed by atoms with Crippen LogP contribution >= 0.6 is 12.0 Å². The summed E-state index contributed by atoms with van der Waals surface area (Å²) < 4.78 is 9.10. The van der Waals surface area contributed by atoms with Crippen LogP contribution in [0, 0.1) is 0 Å². The van der Waals surface area contributed by atoms with E-state index in [-0.39, 0.29) is 4.75 Å². The quantitative estimate of drug-likeness (QED) is 0.537. The predicted molar refractivity (Wildman–Crippen MR) is 66.6 cm³/mol. The summed E-state index contributed by atoms with van der Waals surface area (Å²) in [5.74, 6) is 0. The molecule has 0 aliphatic carbocycles. The number of rotatable bonds is 5. The van der Waals surface area contributed by atoms with Gasteiger partial charge in [-0.25, -0.2) is 0 Å². The second-order valence-corrected chi connectivity index (χ2v) is 4.41. The fraction of sp³-hybridized carbons (Fsp3) is 0.500. The molecule has 14 heavy (non-hydrogen) atoms. The molecule has 0 radical (unpaired) electrons. The van der Waals surface area contributed by atoms with E-state index in [4.69, 9.17) is 0 Å². The third kappa shape index (κ3) is 3.72. The van der Waals surface area contributed by atoms with E-state index in [1.165, 1.54) is 0 Å². The summed E-state index contributed by atoms with van der Waals surface area (Å²) in [6.07, 6.45) is 11.0. The van der Waals surface area contributed by atoms with E-state index in [1.807, 2.05) is 51.2 Å². The molecule has 0 aromatic carbocycles. The van der Waals surface area contributed by atoms with Crippen LogP contribution in [-0.2, 0) is 0 Å². The van der Waals surface area contributed by atoms with Crippen LogP contribution in [0.2, 0.25) is 0 Å². The van der Waals surface area contributed by atoms with Crippen LogP contribution in [-0.4, -0.2) is 9.30 Å². The molecule has 0 amide bonds. The second kappa shape index (κ2) is 6.91. The maximum absolute atomic E-state index is 9.30. The normalized spacial score (nSPS) is 17.9. The van der Waals surface area contributed by atoms with E-state index in [9.17, 15) is 4.55 Å². The van der Waals surface area contributed by atoms with E-state index in [0.717, 1.165) is 24.0 Å².